The predicted molar refractivity (Wildman–Crippen MR) is 146 cm³/mol. The number of hydrogen-bond donors (Lipinski definition) is 2. The van der Waals surface area contributed by atoms with Crippen molar-refractivity contribution in [2.45, 2.75) is 30.7 Å². The van der Waals surface area contributed by atoms with E-state index in [1.165, 1.54) is 43.0 Å². The van der Waals surface area contributed by atoms with Gasteiger partial charge in [-0.1, -0.05) is 17.7 Å². The highest BCUT2D eigenvalue weighted by atomic mass is 35.5. The zero-order chi connectivity index (χ0) is 27.0. The second-order valence-electron chi connectivity index (χ2n) is 8.71. The number of nitrogens with one attached hydrogen (secondary N) is 1. The van der Waals surface area contributed by atoms with Crippen LogP contribution in [-0.2, 0) is 10.0 Å². The Bertz CT molecular complexity index is 1670. The molecule has 2 N–H and O–H groups in total. The number of aryl methyl sites for hydroxylation is 1. The second kappa shape index (κ2) is 10.3. The fourth-order valence-electron chi connectivity index (χ4n) is 3.86. The lowest BCUT2D eigenvalue weighted by atomic mass is 10.1. The van der Waals surface area contributed by atoms with E-state index in [1.54, 1.807) is 37.3 Å². The SMILES string of the molecule is COc1cccc(/C=N/c2cnc(S(=O)(=O)Nc3nc(-c4ccc(F)c(Cl)c4)c(C4CC4)s3)c(C)c2)c1O. The molecule has 0 unspecified atom stereocenters. The van der Waals surface area contributed by atoms with E-state index < -0.39 is 15.8 Å². The van der Waals surface area contributed by atoms with Gasteiger partial charge in [0.2, 0.25) is 0 Å². The van der Waals surface area contributed by atoms with Crippen LogP contribution in [0.4, 0.5) is 15.2 Å². The molecule has 38 heavy (non-hydrogen) atoms. The van der Waals surface area contributed by atoms with E-state index in [1.807, 2.05) is 0 Å². The van der Waals surface area contributed by atoms with Crippen molar-refractivity contribution in [2.24, 2.45) is 4.99 Å². The predicted octanol–water partition coefficient (Wildman–Crippen LogP) is 6.45. The number of phenolic OH excluding ortho intramolecular Hbond substituents is 1. The molecule has 2 aromatic carbocycles. The Kier molecular flexibility index (Phi) is 7.08. The van der Waals surface area contributed by atoms with Crippen LogP contribution in [0.1, 0.15) is 34.8 Å². The number of halogens is 2. The van der Waals surface area contributed by atoms with Gasteiger partial charge in [0.15, 0.2) is 21.7 Å². The molecule has 12 heteroatoms. The number of rotatable bonds is 8. The van der Waals surface area contributed by atoms with Gasteiger partial charge < -0.3 is 9.84 Å². The molecule has 0 spiro atoms. The lowest BCUT2D eigenvalue weighted by Gasteiger charge is -2.08. The van der Waals surface area contributed by atoms with E-state index in [9.17, 15) is 17.9 Å². The summed E-state index contributed by atoms with van der Waals surface area (Å²) in [7, 11) is -2.60. The summed E-state index contributed by atoms with van der Waals surface area (Å²) in [6.45, 7) is 1.62. The summed E-state index contributed by atoms with van der Waals surface area (Å²) in [6.07, 6.45) is 4.73. The minimum Gasteiger partial charge on any atom is -0.504 e. The normalized spacial score (nSPS) is 13.7. The van der Waals surface area contributed by atoms with Crippen molar-refractivity contribution in [3.63, 3.8) is 0 Å². The van der Waals surface area contributed by atoms with Crippen LogP contribution in [0.25, 0.3) is 11.3 Å². The van der Waals surface area contributed by atoms with E-state index in [4.69, 9.17) is 16.3 Å². The van der Waals surface area contributed by atoms with Gasteiger partial charge in [0.05, 0.1) is 29.7 Å². The minimum atomic E-state index is -4.06. The van der Waals surface area contributed by atoms with Gasteiger partial charge in [-0.2, -0.15) is 8.42 Å². The first-order valence-corrected chi connectivity index (χ1v) is 14.2. The second-order valence-corrected chi connectivity index (χ2v) is 11.7. The lowest BCUT2D eigenvalue weighted by Crippen LogP contribution is -2.15. The summed E-state index contributed by atoms with van der Waals surface area (Å²) in [6, 6.07) is 10.9. The van der Waals surface area contributed by atoms with Crippen LogP contribution >= 0.6 is 22.9 Å². The summed E-state index contributed by atoms with van der Waals surface area (Å²) in [4.78, 5) is 13.9. The monoisotopic (exact) mass is 572 g/mol. The van der Waals surface area contributed by atoms with Crippen molar-refractivity contribution in [1.29, 1.82) is 0 Å². The van der Waals surface area contributed by atoms with Gasteiger partial charge in [0.25, 0.3) is 10.0 Å². The van der Waals surface area contributed by atoms with Crippen molar-refractivity contribution in [3.8, 4) is 22.8 Å². The van der Waals surface area contributed by atoms with Crippen LogP contribution in [0.15, 0.2) is 58.7 Å². The maximum absolute atomic E-state index is 13.7. The number of para-hydroxylation sites is 1. The standard InChI is InChI=1S/C26H22ClFN4O4S2/c1-14-10-18(29-12-17-4-3-5-21(36-2)23(17)33)13-30-25(14)38(34,35)32-26-31-22(24(37-26)15-6-7-15)16-8-9-20(28)19(27)11-16/h3-5,8-13,15,33H,6-7H2,1-2H3,(H,31,32)/b29-12+. The van der Waals surface area contributed by atoms with Crippen LogP contribution in [0, 0.1) is 12.7 Å². The van der Waals surface area contributed by atoms with Crippen LogP contribution in [0.5, 0.6) is 11.5 Å². The molecule has 0 aliphatic heterocycles. The largest absolute Gasteiger partial charge is 0.504 e. The molecule has 1 fully saturated rings. The van der Waals surface area contributed by atoms with Crippen molar-refractivity contribution >= 4 is 50.0 Å². The third-order valence-electron chi connectivity index (χ3n) is 5.89. The van der Waals surface area contributed by atoms with Gasteiger partial charge >= 0.3 is 0 Å². The quantitative estimate of drug-likeness (QED) is 0.235. The fourth-order valence-corrected chi connectivity index (χ4v) is 6.59. The van der Waals surface area contributed by atoms with E-state index in [0.717, 1.165) is 17.7 Å². The molecular formula is C26H22ClFN4O4S2. The molecule has 0 amide bonds. The highest BCUT2D eigenvalue weighted by Crippen LogP contribution is 2.48. The number of benzene rings is 2. The molecule has 196 valence electrons. The zero-order valence-electron chi connectivity index (χ0n) is 20.3. The number of nitrogens with zero attached hydrogens (tertiary/aromatic N) is 3. The van der Waals surface area contributed by atoms with E-state index in [-0.39, 0.29) is 26.8 Å². The molecule has 1 aliphatic carbocycles. The number of pyridine rings is 1. The van der Waals surface area contributed by atoms with Crippen molar-refractivity contribution in [3.05, 3.63) is 75.5 Å². The third-order valence-corrected chi connectivity index (χ3v) is 8.84. The number of hydrogen-bond acceptors (Lipinski definition) is 8. The van der Waals surface area contributed by atoms with Crippen LogP contribution in [0.3, 0.4) is 0 Å². The van der Waals surface area contributed by atoms with Crippen LogP contribution in [-0.4, -0.2) is 36.8 Å². The summed E-state index contributed by atoms with van der Waals surface area (Å²) in [5.74, 6) is 0.0105. The zero-order valence-corrected chi connectivity index (χ0v) is 22.7. The minimum absolute atomic E-state index is 0.0245. The van der Waals surface area contributed by atoms with Gasteiger partial charge in [-0.3, -0.25) is 9.71 Å². The first-order chi connectivity index (χ1) is 18.2. The number of ether oxygens (including phenoxy) is 1. The molecule has 5 rings (SSSR count). The number of methoxy groups -OCH3 is 1. The smallest absolute Gasteiger partial charge is 0.281 e. The Morgan fingerprint density at radius 2 is 2.05 bits per heavy atom. The number of aromatic nitrogens is 2. The van der Waals surface area contributed by atoms with Crippen molar-refractivity contribution in [2.75, 3.05) is 11.8 Å². The fraction of sp³-hybridized carbons (Fsp3) is 0.192. The number of sulfonamides is 1. The molecule has 0 atom stereocenters. The van der Waals surface area contributed by atoms with Gasteiger partial charge in [-0.25, -0.2) is 14.4 Å². The average molecular weight is 573 g/mol. The molecule has 0 radical (unpaired) electrons. The molecule has 0 bridgehead atoms. The molecule has 4 aromatic rings. The van der Waals surface area contributed by atoms with Crippen molar-refractivity contribution < 1.29 is 22.7 Å². The summed E-state index contributed by atoms with van der Waals surface area (Å²) in [5.41, 5.74) is 2.44. The van der Waals surface area contributed by atoms with Gasteiger partial charge in [-0.05, 0) is 67.6 Å². The van der Waals surface area contributed by atoms with Gasteiger partial charge in [-0.15, -0.1) is 11.3 Å². The maximum atomic E-state index is 13.7. The third kappa shape index (κ3) is 5.35. The molecular weight excluding hydrogens is 551 g/mol. The number of thiazole rings is 1. The van der Waals surface area contributed by atoms with E-state index in [0.29, 0.717) is 33.8 Å². The summed E-state index contributed by atoms with van der Waals surface area (Å²) in [5, 5.41) is 10.2. The van der Waals surface area contributed by atoms with E-state index >= 15 is 0 Å². The Labute approximate surface area is 227 Å². The maximum Gasteiger partial charge on any atom is 0.281 e. The summed E-state index contributed by atoms with van der Waals surface area (Å²) < 4.78 is 47.7. The highest BCUT2D eigenvalue weighted by molar-refractivity contribution is 7.92. The first kappa shape index (κ1) is 26.1. The first-order valence-electron chi connectivity index (χ1n) is 11.5. The highest BCUT2D eigenvalue weighted by Gasteiger charge is 2.31. The number of aromatic hydroxyl groups is 1. The Morgan fingerprint density at radius 1 is 1.26 bits per heavy atom. The number of aliphatic imine (C=N–C) groups is 1. The molecule has 8 nitrogen and oxygen atoms in total. The van der Waals surface area contributed by atoms with Crippen molar-refractivity contribution in [1.82, 2.24) is 9.97 Å². The Balaban J connectivity index is 1.40. The topological polar surface area (TPSA) is 114 Å². The summed E-state index contributed by atoms with van der Waals surface area (Å²) >= 11 is 7.22. The lowest BCUT2D eigenvalue weighted by molar-refractivity contribution is 0.373. The van der Waals surface area contributed by atoms with Gasteiger partial charge in [0, 0.05) is 22.2 Å². The Morgan fingerprint density at radius 3 is 2.74 bits per heavy atom. The van der Waals surface area contributed by atoms with Gasteiger partial charge in [0.1, 0.15) is 5.82 Å². The molecule has 2 heterocycles. The number of anilines is 1. The average Bonchev–Trinajstić information content (AvgIpc) is 3.65. The molecule has 1 aliphatic rings. The Hall–Kier alpha value is -3.54. The van der Waals surface area contributed by atoms with E-state index in [2.05, 4.69) is 19.7 Å². The molecule has 2 aromatic heterocycles. The van der Waals surface area contributed by atoms with Crippen LogP contribution in [0.2, 0.25) is 5.02 Å². The van der Waals surface area contributed by atoms with Crippen LogP contribution < -0.4 is 9.46 Å². The molecule has 1 saturated carbocycles. The molecule has 0 saturated heterocycles. The number of phenols is 1.